The Bertz CT molecular complexity index is 557. The minimum Gasteiger partial charge on any atom is -0.357 e. The van der Waals surface area contributed by atoms with Crippen LogP contribution in [0.5, 0.6) is 0 Å². The summed E-state index contributed by atoms with van der Waals surface area (Å²) in [4.78, 5) is 8.19. The van der Waals surface area contributed by atoms with E-state index < -0.39 is 10.0 Å². The molecule has 0 atom stereocenters. The van der Waals surface area contributed by atoms with E-state index in [1.54, 1.807) is 12.1 Å². The first-order valence-corrected chi connectivity index (χ1v) is 8.11. The molecule has 0 amide bonds. The van der Waals surface area contributed by atoms with Crippen molar-refractivity contribution in [3.05, 3.63) is 37.2 Å². The monoisotopic (exact) mass is 311 g/mol. The van der Waals surface area contributed by atoms with E-state index in [9.17, 15) is 8.42 Å². The Labute approximate surface area is 125 Å². The molecule has 0 aromatic carbocycles. The summed E-state index contributed by atoms with van der Waals surface area (Å²) in [7, 11) is -3.53. The molecule has 0 aliphatic heterocycles. The van der Waals surface area contributed by atoms with Gasteiger partial charge in [-0.25, -0.2) is 13.1 Å². The van der Waals surface area contributed by atoms with Crippen LogP contribution in [0.3, 0.4) is 0 Å². The number of aliphatic imine (C=N–C) groups is 1. The van der Waals surface area contributed by atoms with Gasteiger partial charge >= 0.3 is 0 Å². The largest absolute Gasteiger partial charge is 0.357 e. The van der Waals surface area contributed by atoms with Gasteiger partial charge in [0, 0.05) is 32.0 Å². The van der Waals surface area contributed by atoms with Gasteiger partial charge < -0.3 is 10.6 Å². The maximum Gasteiger partial charge on any atom is 0.242 e. The number of sulfonamides is 1. The summed E-state index contributed by atoms with van der Waals surface area (Å²) in [6, 6.07) is 3.07. The van der Waals surface area contributed by atoms with Gasteiger partial charge in [-0.2, -0.15) is 0 Å². The van der Waals surface area contributed by atoms with Crippen molar-refractivity contribution in [2.45, 2.75) is 11.8 Å². The zero-order valence-electron chi connectivity index (χ0n) is 12.0. The van der Waals surface area contributed by atoms with Crippen LogP contribution in [0.1, 0.15) is 6.92 Å². The number of aromatic nitrogens is 1. The molecule has 0 radical (unpaired) electrons. The smallest absolute Gasteiger partial charge is 0.242 e. The van der Waals surface area contributed by atoms with Gasteiger partial charge in [0.1, 0.15) is 4.90 Å². The minimum absolute atomic E-state index is 0.144. The fourth-order valence-corrected chi connectivity index (χ4v) is 2.43. The lowest BCUT2D eigenvalue weighted by atomic mass is 10.5. The number of rotatable bonds is 8. The highest BCUT2D eigenvalue weighted by Gasteiger charge is 2.12. The van der Waals surface area contributed by atoms with E-state index in [0.29, 0.717) is 19.0 Å². The normalized spacial score (nSPS) is 12.0. The van der Waals surface area contributed by atoms with E-state index in [4.69, 9.17) is 0 Å². The third kappa shape index (κ3) is 6.37. The van der Waals surface area contributed by atoms with E-state index in [-0.39, 0.29) is 11.4 Å². The molecule has 1 rings (SSSR count). The van der Waals surface area contributed by atoms with Crippen LogP contribution < -0.4 is 15.4 Å². The van der Waals surface area contributed by atoms with Crippen LogP contribution in [0.2, 0.25) is 0 Å². The standard InChI is InChI=1S/C13H21N5O2S/c1-3-7-16-13(15-4-2)17-9-10-18-21(19,20)12-6-5-8-14-11-12/h3,5-6,8,11,18H,1,4,7,9-10H2,2H3,(H2,15,16,17). The maximum atomic E-state index is 11.9. The van der Waals surface area contributed by atoms with E-state index in [1.807, 2.05) is 6.92 Å². The zero-order valence-corrected chi connectivity index (χ0v) is 12.9. The molecule has 0 fully saturated rings. The molecule has 7 nitrogen and oxygen atoms in total. The van der Waals surface area contributed by atoms with Gasteiger partial charge in [-0.05, 0) is 19.1 Å². The first kappa shape index (κ1) is 17.1. The molecule has 0 aliphatic rings. The van der Waals surface area contributed by atoms with Crippen LogP contribution in [0.25, 0.3) is 0 Å². The van der Waals surface area contributed by atoms with E-state index in [2.05, 4.69) is 31.9 Å². The zero-order chi connectivity index (χ0) is 15.6. The van der Waals surface area contributed by atoms with Crippen LogP contribution in [-0.2, 0) is 10.0 Å². The first-order valence-electron chi connectivity index (χ1n) is 6.63. The Hall–Kier alpha value is -1.93. The van der Waals surface area contributed by atoms with Crippen LogP contribution in [0.15, 0.2) is 47.1 Å². The molecule has 0 spiro atoms. The average Bonchev–Trinajstić information content (AvgIpc) is 2.50. The number of hydrogen-bond donors (Lipinski definition) is 3. The molecule has 21 heavy (non-hydrogen) atoms. The second kappa shape index (κ2) is 9.09. The highest BCUT2D eigenvalue weighted by atomic mass is 32.2. The molecule has 0 saturated heterocycles. The van der Waals surface area contributed by atoms with E-state index in [1.165, 1.54) is 18.5 Å². The van der Waals surface area contributed by atoms with Gasteiger partial charge in [0.05, 0.1) is 6.54 Å². The molecule has 116 valence electrons. The molecule has 1 aromatic heterocycles. The SMILES string of the molecule is C=CCNC(=NCCNS(=O)(=O)c1cccnc1)NCC. The summed E-state index contributed by atoms with van der Waals surface area (Å²) < 4.78 is 26.3. The van der Waals surface area contributed by atoms with Gasteiger partial charge in [-0.1, -0.05) is 6.08 Å². The van der Waals surface area contributed by atoms with Gasteiger partial charge in [0.15, 0.2) is 5.96 Å². The van der Waals surface area contributed by atoms with Crippen LogP contribution in [0.4, 0.5) is 0 Å². The summed E-state index contributed by atoms with van der Waals surface area (Å²) in [6.07, 6.45) is 4.55. The lowest BCUT2D eigenvalue weighted by molar-refractivity contribution is 0.581. The number of hydrogen-bond acceptors (Lipinski definition) is 4. The minimum atomic E-state index is -3.53. The topological polar surface area (TPSA) is 95.5 Å². The van der Waals surface area contributed by atoms with Crippen molar-refractivity contribution in [2.24, 2.45) is 4.99 Å². The molecule has 8 heteroatoms. The molecule has 0 saturated carbocycles. The molecule has 0 aliphatic carbocycles. The molecular weight excluding hydrogens is 290 g/mol. The number of guanidine groups is 1. The molecule has 1 aromatic rings. The quantitative estimate of drug-likeness (QED) is 0.274. The first-order chi connectivity index (χ1) is 10.1. The highest BCUT2D eigenvalue weighted by Crippen LogP contribution is 2.04. The predicted molar refractivity (Wildman–Crippen MR) is 83.6 cm³/mol. The third-order valence-corrected chi connectivity index (χ3v) is 3.82. The van der Waals surface area contributed by atoms with Crippen molar-refractivity contribution in [1.29, 1.82) is 0 Å². The van der Waals surface area contributed by atoms with Crippen molar-refractivity contribution in [2.75, 3.05) is 26.2 Å². The molecule has 0 unspecified atom stereocenters. The van der Waals surface area contributed by atoms with Crippen molar-refractivity contribution in [1.82, 2.24) is 20.3 Å². The highest BCUT2D eigenvalue weighted by molar-refractivity contribution is 7.89. The molecule has 3 N–H and O–H groups in total. The fraction of sp³-hybridized carbons (Fsp3) is 0.385. The third-order valence-electron chi connectivity index (χ3n) is 2.38. The van der Waals surface area contributed by atoms with Crippen LogP contribution in [0, 0.1) is 0 Å². The Morgan fingerprint density at radius 1 is 1.48 bits per heavy atom. The lowest BCUT2D eigenvalue weighted by Gasteiger charge is -2.09. The van der Waals surface area contributed by atoms with Gasteiger partial charge in [0.2, 0.25) is 10.0 Å². The molecule has 0 bridgehead atoms. The second-order valence-corrected chi connectivity index (χ2v) is 5.78. The summed E-state index contributed by atoms with van der Waals surface area (Å²) in [5.41, 5.74) is 0. The van der Waals surface area contributed by atoms with E-state index in [0.717, 1.165) is 6.54 Å². The number of nitrogens with zero attached hydrogens (tertiary/aromatic N) is 2. The number of pyridine rings is 1. The average molecular weight is 311 g/mol. The van der Waals surface area contributed by atoms with Crippen LogP contribution in [-0.4, -0.2) is 45.5 Å². The van der Waals surface area contributed by atoms with Gasteiger partial charge in [0.25, 0.3) is 0 Å². The maximum absolute atomic E-state index is 11.9. The summed E-state index contributed by atoms with van der Waals surface area (Å²) in [5, 5.41) is 6.08. The van der Waals surface area contributed by atoms with Crippen molar-refractivity contribution in [3.63, 3.8) is 0 Å². The van der Waals surface area contributed by atoms with Crippen molar-refractivity contribution in [3.8, 4) is 0 Å². The summed E-state index contributed by atoms with van der Waals surface area (Å²) >= 11 is 0. The molecular formula is C13H21N5O2S. The Morgan fingerprint density at radius 2 is 2.29 bits per heavy atom. The van der Waals surface area contributed by atoms with Crippen LogP contribution >= 0.6 is 0 Å². The van der Waals surface area contributed by atoms with Gasteiger partial charge in [-0.3, -0.25) is 9.98 Å². The second-order valence-electron chi connectivity index (χ2n) is 4.02. The van der Waals surface area contributed by atoms with E-state index >= 15 is 0 Å². The number of nitrogens with one attached hydrogen (secondary N) is 3. The van der Waals surface area contributed by atoms with Crippen molar-refractivity contribution < 1.29 is 8.42 Å². The predicted octanol–water partition coefficient (Wildman–Crippen LogP) is 0.101. The summed E-state index contributed by atoms with van der Waals surface area (Å²) in [5.74, 6) is 0.623. The van der Waals surface area contributed by atoms with Crippen molar-refractivity contribution >= 4 is 16.0 Å². The Kier molecular flexibility index (Phi) is 7.41. The lowest BCUT2D eigenvalue weighted by Crippen LogP contribution is -2.38. The summed E-state index contributed by atoms with van der Waals surface area (Å²) in [6.45, 7) is 7.42. The van der Waals surface area contributed by atoms with Gasteiger partial charge in [-0.15, -0.1) is 6.58 Å². The fourth-order valence-electron chi connectivity index (χ4n) is 1.45. The Morgan fingerprint density at radius 3 is 2.90 bits per heavy atom. The molecule has 1 heterocycles. The Balaban J connectivity index is 2.49.